The molecule has 0 unspecified atom stereocenters. The summed E-state index contributed by atoms with van der Waals surface area (Å²) in [4.78, 5) is 0. The van der Waals surface area contributed by atoms with Crippen molar-refractivity contribution in [2.45, 2.75) is 26.7 Å². The quantitative estimate of drug-likeness (QED) is 0.632. The average Bonchev–Trinajstić information content (AvgIpc) is 2.45. The Bertz CT molecular complexity index is 394. The minimum absolute atomic E-state index is 0.520. The molecule has 0 bridgehead atoms. The molecule has 1 aromatic carbocycles. The lowest BCUT2D eigenvalue weighted by Gasteiger charge is -2.12. The van der Waals surface area contributed by atoms with Gasteiger partial charge < -0.3 is 19.5 Å². The summed E-state index contributed by atoms with van der Waals surface area (Å²) < 4.78 is 16.3. The first-order valence-electron chi connectivity index (χ1n) is 7.76. The average molecular weight is 296 g/mol. The van der Waals surface area contributed by atoms with Crippen LogP contribution >= 0.6 is 0 Å². The molecule has 0 aliphatic carbocycles. The number of quaternary nitrogens is 1. The third-order valence-electron chi connectivity index (χ3n) is 3.23. The topological polar surface area (TPSA) is 44.3 Å². The van der Waals surface area contributed by atoms with Crippen LogP contribution in [0.25, 0.3) is 0 Å². The third kappa shape index (κ3) is 8.05. The minimum Gasteiger partial charge on any atom is -0.491 e. The largest absolute Gasteiger partial charge is 0.491 e. The molecular formula is C17H30NO3+. The summed E-state index contributed by atoms with van der Waals surface area (Å²) in [5.41, 5.74) is 2.56. The van der Waals surface area contributed by atoms with Gasteiger partial charge in [-0.3, -0.25) is 0 Å². The highest BCUT2D eigenvalue weighted by molar-refractivity contribution is 5.35. The molecule has 21 heavy (non-hydrogen) atoms. The maximum Gasteiger partial charge on any atom is 0.119 e. The van der Waals surface area contributed by atoms with E-state index in [1.807, 2.05) is 0 Å². The zero-order valence-electron chi connectivity index (χ0n) is 13.9. The van der Waals surface area contributed by atoms with E-state index < -0.39 is 0 Å². The van der Waals surface area contributed by atoms with Gasteiger partial charge in [0.1, 0.15) is 12.4 Å². The number of benzene rings is 1. The van der Waals surface area contributed by atoms with Gasteiger partial charge in [0, 0.05) is 7.11 Å². The zero-order chi connectivity index (χ0) is 15.5. The van der Waals surface area contributed by atoms with Gasteiger partial charge >= 0.3 is 0 Å². The van der Waals surface area contributed by atoms with Crippen LogP contribution in [-0.2, 0) is 9.47 Å². The van der Waals surface area contributed by atoms with Crippen LogP contribution < -0.4 is 10.1 Å². The Kier molecular flexibility index (Phi) is 9.06. The van der Waals surface area contributed by atoms with Crippen molar-refractivity contribution in [2.75, 3.05) is 46.6 Å². The Hall–Kier alpha value is -1.10. The smallest absolute Gasteiger partial charge is 0.119 e. The highest BCUT2D eigenvalue weighted by Crippen LogP contribution is 2.22. The number of aryl methyl sites for hydroxylation is 1. The molecule has 0 aliphatic heterocycles. The molecular weight excluding hydrogens is 266 g/mol. The van der Waals surface area contributed by atoms with Crippen LogP contribution in [0.3, 0.4) is 0 Å². The van der Waals surface area contributed by atoms with Crippen LogP contribution in [0.4, 0.5) is 0 Å². The lowest BCUT2D eigenvalue weighted by Crippen LogP contribution is -2.86. The SMILES string of the molecule is COCC[NH2+]CCOCCOc1cc(C)cc(C(C)C)c1. The second-order valence-corrected chi connectivity index (χ2v) is 5.55. The number of hydrogen-bond acceptors (Lipinski definition) is 3. The normalized spacial score (nSPS) is 11.1. The van der Waals surface area contributed by atoms with Crippen molar-refractivity contribution in [1.29, 1.82) is 0 Å². The molecule has 4 nitrogen and oxygen atoms in total. The van der Waals surface area contributed by atoms with E-state index in [1.54, 1.807) is 7.11 Å². The standard InChI is InChI=1S/C17H29NO3/c1-14(2)16-11-15(3)12-17(13-16)21-10-9-20-8-6-18-5-7-19-4/h11-14,18H,5-10H2,1-4H3/p+1. The van der Waals surface area contributed by atoms with Crippen molar-refractivity contribution in [1.82, 2.24) is 0 Å². The predicted octanol–water partition coefficient (Wildman–Crippen LogP) is 1.72. The number of ether oxygens (including phenoxy) is 3. The van der Waals surface area contributed by atoms with E-state index in [9.17, 15) is 0 Å². The van der Waals surface area contributed by atoms with Gasteiger partial charge in [0.2, 0.25) is 0 Å². The maximum atomic E-state index is 5.77. The third-order valence-corrected chi connectivity index (χ3v) is 3.23. The van der Waals surface area contributed by atoms with E-state index in [0.29, 0.717) is 19.1 Å². The summed E-state index contributed by atoms with van der Waals surface area (Å²) in [5, 5.41) is 2.19. The number of nitrogens with two attached hydrogens (primary N) is 1. The predicted molar refractivity (Wildman–Crippen MR) is 85.1 cm³/mol. The van der Waals surface area contributed by atoms with Crippen LogP contribution in [0.1, 0.15) is 30.9 Å². The summed E-state index contributed by atoms with van der Waals surface area (Å²) in [6.07, 6.45) is 0. The van der Waals surface area contributed by atoms with Crippen LogP contribution in [-0.4, -0.2) is 46.6 Å². The van der Waals surface area contributed by atoms with Gasteiger partial charge in [0.15, 0.2) is 0 Å². The first-order valence-corrected chi connectivity index (χ1v) is 7.76. The summed E-state index contributed by atoms with van der Waals surface area (Å²) in [5.74, 6) is 1.46. The van der Waals surface area contributed by atoms with Gasteiger partial charge in [-0.15, -0.1) is 0 Å². The second-order valence-electron chi connectivity index (χ2n) is 5.55. The molecule has 0 saturated carbocycles. The molecule has 0 spiro atoms. The van der Waals surface area contributed by atoms with Crippen molar-refractivity contribution < 1.29 is 19.5 Å². The Balaban J connectivity index is 2.15. The molecule has 1 aromatic rings. The van der Waals surface area contributed by atoms with E-state index >= 15 is 0 Å². The lowest BCUT2D eigenvalue weighted by molar-refractivity contribution is -0.657. The first kappa shape index (κ1) is 18.0. The van der Waals surface area contributed by atoms with Crippen LogP contribution in [0.15, 0.2) is 18.2 Å². The van der Waals surface area contributed by atoms with Gasteiger partial charge in [0.05, 0.1) is 32.9 Å². The number of hydrogen-bond donors (Lipinski definition) is 1. The highest BCUT2D eigenvalue weighted by Gasteiger charge is 2.03. The minimum atomic E-state index is 0.520. The van der Waals surface area contributed by atoms with E-state index in [-0.39, 0.29) is 0 Å². The van der Waals surface area contributed by atoms with E-state index in [2.05, 4.69) is 44.3 Å². The fourth-order valence-corrected chi connectivity index (χ4v) is 2.03. The highest BCUT2D eigenvalue weighted by atomic mass is 16.5. The number of rotatable bonds is 11. The molecule has 0 radical (unpaired) electrons. The summed E-state index contributed by atoms with van der Waals surface area (Å²) >= 11 is 0. The molecule has 0 heterocycles. The summed E-state index contributed by atoms with van der Waals surface area (Å²) in [6, 6.07) is 6.41. The molecule has 0 fully saturated rings. The Morgan fingerprint density at radius 2 is 1.76 bits per heavy atom. The maximum absolute atomic E-state index is 5.77. The van der Waals surface area contributed by atoms with E-state index in [0.717, 1.165) is 32.1 Å². The monoisotopic (exact) mass is 296 g/mol. The summed E-state index contributed by atoms with van der Waals surface area (Å²) in [6.45, 7) is 11.2. The number of methoxy groups -OCH3 is 1. The molecule has 0 aliphatic rings. The first-order chi connectivity index (χ1) is 10.1. The Morgan fingerprint density at radius 1 is 1.00 bits per heavy atom. The lowest BCUT2D eigenvalue weighted by atomic mass is 10.0. The van der Waals surface area contributed by atoms with Gasteiger partial charge in [-0.1, -0.05) is 19.9 Å². The fourth-order valence-electron chi connectivity index (χ4n) is 2.03. The Labute approximate surface area is 128 Å². The van der Waals surface area contributed by atoms with Crippen molar-refractivity contribution in [2.24, 2.45) is 0 Å². The molecule has 2 N–H and O–H groups in total. The van der Waals surface area contributed by atoms with Crippen LogP contribution in [0.2, 0.25) is 0 Å². The molecule has 1 rings (SSSR count). The van der Waals surface area contributed by atoms with Crippen molar-refractivity contribution in [3.8, 4) is 5.75 Å². The van der Waals surface area contributed by atoms with Crippen molar-refractivity contribution in [3.63, 3.8) is 0 Å². The molecule has 0 saturated heterocycles. The van der Waals surface area contributed by atoms with Gasteiger partial charge in [-0.2, -0.15) is 0 Å². The van der Waals surface area contributed by atoms with Crippen LogP contribution in [0.5, 0.6) is 5.75 Å². The Morgan fingerprint density at radius 3 is 2.48 bits per heavy atom. The van der Waals surface area contributed by atoms with Gasteiger partial charge in [0.25, 0.3) is 0 Å². The molecule has 120 valence electrons. The van der Waals surface area contributed by atoms with E-state index in [4.69, 9.17) is 14.2 Å². The molecule has 0 amide bonds. The van der Waals surface area contributed by atoms with Crippen molar-refractivity contribution >= 4 is 0 Å². The molecule has 4 heteroatoms. The second kappa shape index (κ2) is 10.6. The molecule has 0 aromatic heterocycles. The van der Waals surface area contributed by atoms with Gasteiger partial charge in [-0.25, -0.2) is 0 Å². The van der Waals surface area contributed by atoms with Crippen LogP contribution in [0, 0.1) is 6.92 Å². The fraction of sp³-hybridized carbons (Fsp3) is 0.647. The zero-order valence-corrected chi connectivity index (χ0v) is 13.9. The van der Waals surface area contributed by atoms with Crippen molar-refractivity contribution in [3.05, 3.63) is 29.3 Å². The summed E-state index contributed by atoms with van der Waals surface area (Å²) in [7, 11) is 1.72. The van der Waals surface area contributed by atoms with Gasteiger partial charge in [-0.05, 0) is 36.1 Å². The molecule has 0 atom stereocenters. The van der Waals surface area contributed by atoms with E-state index in [1.165, 1.54) is 11.1 Å².